The van der Waals surface area contributed by atoms with E-state index in [0.29, 0.717) is 35.4 Å². The molecule has 4 aromatic heterocycles. The molecule has 0 aliphatic carbocycles. The van der Waals surface area contributed by atoms with E-state index < -0.39 is 0 Å². The lowest BCUT2D eigenvalue weighted by molar-refractivity contribution is 0.366. The topological polar surface area (TPSA) is 75.1 Å². The zero-order valence-electron chi connectivity index (χ0n) is 16.1. The summed E-state index contributed by atoms with van der Waals surface area (Å²) in [4.78, 5) is 17.7. The van der Waals surface area contributed by atoms with E-state index >= 15 is 0 Å². The van der Waals surface area contributed by atoms with Crippen LogP contribution in [0.2, 0.25) is 0 Å². The van der Waals surface area contributed by atoms with Crippen LogP contribution in [0.4, 0.5) is 0 Å². The van der Waals surface area contributed by atoms with Crippen molar-refractivity contribution >= 4 is 23.5 Å². The summed E-state index contributed by atoms with van der Waals surface area (Å²) in [6.45, 7) is 8.46. The number of fused-ring (bicyclic) bond motifs is 2. The fourth-order valence-corrected chi connectivity index (χ4v) is 3.35. The van der Waals surface area contributed by atoms with Gasteiger partial charge < -0.3 is 4.18 Å². The van der Waals surface area contributed by atoms with Crippen molar-refractivity contribution in [2.45, 2.75) is 33.6 Å². The molecule has 4 rings (SSSR count). The first-order valence-corrected chi connectivity index (χ1v) is 9.72. The van der Waals surface area contributed by atoms with Gasteiger partial charge in [-0.25, -0.2) is 9.50 Å². The minimum absolute atomic E-state index is 0.221. The standard InChI is InChI=1S/C19H21N5O3S/c1-5-26-28-27-19-17(20-16-7-6-14(12(2)3)11-23(16)19)22-8-9-24-15(18(22)25)10-13(4)21-24/h6-12H,5H2,1-4H3. The Kier molecular flexibility index (Phi) is 4.86. The minimum atomic E-state index is -0.221. The lowest BCUT2D eigenvalue weighted by atomic mass is 10.1. The molecule has 28 heavy (non-hydrogen) atoms. The summed E-state index contributed by atoms with van der Waals surface area (Å²) in [5, 5.41) is 4.29. The Morgan fingerprint density at radius 1 is 1.25 bits per heavy atom. The third kappa shape index (κ3) is 3.16. The van der Waals surface area contributed by atoms with Gasteiger partial charge in [-0.3, -0.25) is 17.9 Å². The zero-order chi connectivity index (χ0) is 19.8. The van der Waals surface area contributed by atoms with Gasteiger partial charge in [-0.05, 0) is 37.5 Å². The fourth-order valence-electron chi connectivity index (χ4n) is 2.99. The maximum absolute atomic E-state index is 13.0. The molecule has 0 unspecified atom stereocenters. The van der Waals surface area contributed by atoms with Gasteiger partial charge in [0.2, 0.25) is 18.1 Å². The summed E-state index contributed by atoms with van der Waals surface area (Å²) in [5.74, 6) is 1.18. The van der Waals surface area contributed by atoms with Crippen LogP contribution >= 0.6 is 12.3 Å². The maximum atomic E-state index is 13.0. The van der Waals surface area contributed by atoms with Crippen molar-refractivity contribution in [3.05, 3.63) is 58.4 Å². The molecule has 0 amide bonds. The zero-order valence-corrected chi connectivity index (χ0v) is 16.9. The SMILES string of the molecule is CCOSOc1c(-n2ccn3nc(C)cc3c2=O)nc2ccc(C(C)C)cn12. The van der Waals surface area contributed by atoms with E-state index in [-0.39, 0.29) is 5.56 Å². The second-order valence-electron chi connectivity index (χ2n) is 6.73. The molecule has 9 heteroatoms. The number of nitrogens with zero attached hydrogens (tertiary/aromatic N) is 5. The Morgan fingerprint density at radius 2 is 2.07 bits per heavy atom. The molecular weight excluding hydrogens is 378 g/mol. The molecule has 0 aliphatic rings. The number of hydrogen-bond donors (Lipinski definition) is 0. The van der Waals surface area contributed by atoms with E-state index in [4.69, 9.17) is 8.37 Å². The molecule has 4 aromatic rings. The molecule has 0 N–H and O–H groups in total. The Morgan fingerprint density at radius 3 is 2.82 bits per heavy atom. The molecule has 4 heterocycles. The number of rotatable bonds is 6. The van der Waals surface area contributed by atoms with Gasteiger partial charge in [0.1, 0.15) is 11.2 Å². The molecule has 0 aliphatic heterocycles. The average Bonchev–Trinajstić information content (AvgIpc) is 3.22. The number of aromatic nitrogens is 5. The van der Waals surface area contributed by atoms with Gasteiger partial charge in [-0.15, -0.1) is 0 Å². The van der Waals surface area contributed by atoms with Gasteiger partial charge in [0, 0.05) is 18.6 Å². The Hall–Kier alpha value is -2.78. The third-order valence-corrected chi connectivity index (χ3v) is 4.96. The van der Waals surface area contributed by atoms with Crippen molar-refractivity contribution in [2.75, 3.05) is 6.61 Å². The molecule has 146 valence electrons. The highest BCUT2D eigenvalue weighted by Gasteiger charge is 2.20. The van der Waals surface area contributed by atoms with Gasteiger partial charge in [-0.2, -0.15) is 5.10 Å². The van der Waals surface area contributed by atoms with Crippen LogP contribution in [-0.2, 0) is 4.18 Å². The highest BCUT2D eigenvalue weighted by Crippen LogP contribution is 2.29. The van der Waals surface area contributed by atoms with Gasteiger partial charge in [0.05, 0.1) is 12.3 Å². The highest BCUT2D eigenvalue weighted by atomic mass is 32.2. The largest absolute Gasteiger partial charge is 0.377 e. The summed E-state index contributed by atoms with van der Waals surface area (Å²) in [7, 11) is 0. The molecule has 0 saturated carbocycles. The lowest BCUT2D eigenvalue weighted by Gasteiger charge is -2.09. The van der Waals surface area contributed by atoms with Crippen LogP contribution in [0.5, 0.6) is 5.88 Å². The summed E-state index contributed by atoms with van der Waals surface area (Å²) >= 11 is 0.869. The quantitative estimate of drug-likeness (QED) is 0.365. The van der Waals surface area contributed by atoms with Gasteiger partial charge in [0.25, 0.3) is 11.4 Å². The van der Waals surface area contributed by atoms with Crippen LogP contribution in [-0.4, -0.2) is 30.2 Å². The lowest BCUT2D eigenvalue weighted by Crippen LogP contribution is -2.20. The molecule has 0 fully saturated rings. The molecule has 0 aromatic carbocycles. The van der Waals surface area contributed by atoms with Gasteiger partial charge >= 0.3 is 0 Å². The van der Waals surface area contributed by atoms with Crippen molar-refractivity contribution in [3.8, 4) is 11.7 Å². The third-order valence-electron chi connectivity index (χ3n) is 4.41. The molecular formula is C19H21N5O3S. The molecule has 0 saturated heterocycles. The second-order valence-corrected chi connectivity index (χ2v) is 7.27. The average molecular weight is 399 g/mol. The predicted molar refractivity (Wildman–Crippen MR) is 108 cm³/mol. The van der Waals surface area contributed by atoms with Crippen molar-refractivity contribution in [1.82, 2.24) is 23.6 Å². The van der Waals surface area contributed by atoms with Crippen LogP contribution in [0.25, 0.3) is 17.0 Å². The van der Waals surface area contributed by atoms with Crippen molar-refractivity contribution < 1.29 is 8.37 Å². The van der Waals surface area contributed by atoms with E-state index in [2.05, 4.69) is 23.9 Å². The van der Waals surface area contributed by atoms with Gasteiger partial charge in [0.15, 0.2) is 0 Å². The molecule has 8 nitrogen and oxygen atoms in total. The Balaban J connectivity index is 1.93. The van der Waals surface area contributed by atoms with E-state index in [1.165, 1.54) is 4.57 Å². The second kappa shape index (κ2) is 7.33. The van der Waals surface area contributed by atoms with Crippen LogP contribution in [0.1, 0.15) is 37.9 Å². The summed E-state index contributed by atoms with van der Waals surface area (Å²) in [6.07, 6.45) is 5.35. The fraction of sp³-hybridized carbons (Fsp3) is 0.316. The normalized spacial score (nSPS) is 11.8. The smallest absolute Gasteiger partial charge is 0.282 e. The minimum Gasteiger partial charge on any atom is -0.377 e. The van der Waals surface area contributed by atoms with Crippen molar-refractivity contribution in [1.29, 1.82) is 0 Å². The van der Waals surface area contributed by atoms with Crippen molar-refractivity contribution in [2.24, 2.45) is 0 Å². The first kappa shape index (κ1) is 18.6. The van der Waals surface area contributed by atoms with E-state index in [9.17, 15) is 4.79 Å². The van der Waals surface area contributed by atoms with Crippen LogP contribution in [0.15, 0.2) is 41.6 Å². The summed E-state index contributed by atoms with van der Waals surface area (Å²) < 4.78 is 16.0. The highest BCUT2D eigenvalue weighted by molar-refractivity contribution is 7.90. The first-order chi connectivity index (χ1) is 13.5. The van der Waals surface area contributed by atoms with Crippen LogP contribution in [0.3, 0.4) is 0 Å². The molecule has 0 spiro atoms. The van der Waals surface area contributed by atoms with E-state index in [0.717, 1.165) is 23.6 Å². The van der Waals surface area contributed by atoms with E-state index in [1.54, 1.807) is 23.0 Å². The summed E-state index contributed by atoms with van der Waals surface area (Å²) in [6, 6.07) is 5.70. The predicted octanol–water partition coefficient (Wildman–Crippen LogP) is 3.54. The first-order valence-electron chi connectivity index (χ1n) is 9.05. The molecule has 0 atom stereocenters. The number of imidazole rings is 1. The number of pyridine rings is 1. The summed E-state index contributed by atoms with van der Waals surface area (Å²) in [5.41, 5.74) is 2.85. The number of hydrogen-bond acceptors (Lipinski definition) is 6. The molecule has 0 radical (unpaired) electrons. The Labute approximate surface area is 166 Å². The number of aryl methyl sites for hydroxylation is 1. The van der Waals surface area contributed by atoms with Gasteiger partial charge in [-0.1, -0.05) is 19.9 Å². The Bertz CT molecular complexity index is 1210. The monoisotopic (exact) mass is 399 g/mol. The maximum Gasteiger partial charge on any atom is 0.282 e. The van der Waals surface area contributed by atoms with E-state index in [1.807, 2.05) is 36.6 Å². The van der Waals surface area contributed by atoms with Crippen molar-refractivity contribution in [3.63, 3.8) is 0 Å². The van der Waals surface area contributed by atoms with Crippen LogP contribution < -0.4 is 9.74 Å². The molecule has 0 bridgehead atoms. The van der Waals surface area contributed by atoms with Crippen LogP contribution in [0, 0.1) is 6.92 Å².